The van der Waals surface area contributed by atoms with Crippen LogP contribution in [0.2, 0.25) is 0 Å². The maximum atomic E-state index is 12.4. The monoisotopic (exact) mass is 316 g/mol. The van der Waals surface area contributed by atoms with E-state index in [0.717, 1.165) is 5.56 Å². The Morgan fingerprint density at radius 1 is 1.09 bits per heavy atom. The molecule has 122 valence electrons. The molecule has 0 aliphatic rings. The van der Waals surface area contributed by atoms with E-state index in [9.17, 15) is 22.8 Å². The molecule has 0 bridgehead atoms. The molecule has 0 saturated carbocycles. The number of rotatable bonds is 4. The summed E-state index contributed by atoms with van der Waals surface area (Å²) in [5, 5.41) is 4.30. The molecule has 1 aromatic carbocycles. The lowest BCUT2D eigenvalue weighted by molar-refractivity contribution is -0.175. The summed E-state index contributed by atoms with van der Waals surface area (Å²) in [4.78, 5) is 23.2. The molecule has 1 rings (SSSR count). The van der Waals surface area contributed by atoms with Crippen molar-refractivity contribution in [1.29, 1.82) is 0 Å². The largest absolute Gasteiger partial charge is 0.471 e. The molecule has 0 heterocycles. The van der Waals surface area contributed by atoms with Gasteiger partial charge in [0, 0.05) is 6.54 Å². The quantitative estimate of drug-likeness (QED) is 0.896. The normalized spacial score (nSPS) is 13.4. The van der Waals surface area contributed by atoms with E-state index < -0.39 is 29.4 Å². The Kier molecular flexibility index (Phi) is 5.57. The third-order valence-electron chi connectivity index (χ3n) is 2.97. The highest BCUT2D eigenvalue weighted by atomic mass is 19.4. The molecular weight excluding hydrogens is 297 g/mol. The van der Waals surface area contributed by atoms with Gasteiger partial charge in [-0.25, -0.2) is 0 Å². The minimum absolute atomic E-state index is 0.175. The molecule has 0 aliphatic heterocycles. The highest BCUT2D eigenvalue weighted by Gasteiger charge is 2.43. The highest BCUT2D eigenvalue weighted by molar-refractivity contribution is 5.90. The Labute approximate surface area is 127 Å². The summed E-state index contributed by atoms with van der Waals surface area (Å²) in [6, 6.07) is 7.65. The van der Waals surface area contributed by atoms with Crippen LogP contribution in [-0.2, 0) is 16.1 Å². The molecule has 4 nitrogen and oxygen atoms in total. The van der Waals surface area contributed by atoms with E-state index >= 15 is 0 Å². The van der Waals surface area contributed by atoms with Gasteiger partial charge in [-0.05, 0) is 11.0 Å². The summed E-state index contributed by atoms with van der Waals surface area (Å²) in [6.45, 7) is 4.91. The highest BCUT2D eigenvalue weighted by Crippen LogP contribution is 2.22. The standard InChI is InChI=1S/C15H19F3N2O2/c1-14(2,3)11(20-13(22)15(16,17)18)12(21)19-9-10-7-5-4-6-8-10/h4-8,11H,9H2,1-3H3,(H,19,21)(H,20,22). The van der Waals surface area contributed by atoms with E-state index in [1.165, 1.54) is 0 Å². The summed E-state index contributed by atoms with van der Waals surface area (Å²) < 4.78 is 37.1. The number of nitrogens with one attached hydrogen (secondary N) is 2. The summed E-state index contributed by atoms with van der Waals surface area (Å²) in [5.41, 5.74) is -0.0486. The third-order valence-corrected chi connectivity index (χ3v) is 2.97. The van der Waals surface area contributed by atoms with E-state index in [1.54, 1.807) is 50.4 Å². The minimum Gasteiger partial charge on any atom is -0.350 e. The van der Waals surface area contributed by atoms with Crippen molar-refractivity contribution in [2.75, 3.05) is 0 Å². The number of benzene rings is 1. The Morgan fingerprint density at radius 2 is 1.64 bits per heavy atom. The fourth-order valence-electron chi connectivity index (χ4n) is 1.78. The Bertz CT molecular complexity index is 522. The first-order valence-corrected chi connectivity index (χ1v) is 6.71. The first-order chi connectivity index (χ1) is 10.0. The Morgan fingerprint density at radius 3 is 2.09 bits per heavy atom. The molecule has 0 aromatic heterocycles. The van der Waals surface area contributed by atoms with E-state index in [4.69, 9.17) is 0 Å². The number of alkyl halides is 3. The number of halogens is 3. The fourth-order valence-corrected chi connectivity index (χ4v) is 1.78. The van der Waals surface area contributed by atoms with Crippen LogP contribution >= 0.6 is 0 Å². The van der Waals surface area contributed by atoms with Crippen LogP contribution in [0.25, 0.3) is 0 Å². The van der Waals surface area contributed by atoms with Crippen LogP contribution in [-0.4, -0.2) is 24.0 Å². The van der Waals surface area contributed by atoms with E-state index in [1.807, 2.05) is 6.07 Å². The first kappa shape index (κ1) is 18.0. The predicted octanol–water partition coefficient (Wildman–Crippen LogP) is 2.40. The number of carbonyl (C=O) groups is 2. The second-order valence-corrected chi connectivity index (χ2v) is 5.97. The van der Waals surface area contributed by atoms with Crippen molar-refractivity contribution in [1.82, 2.24) is 10.6 Å². The Balaban J connectivity index is 2.76. The Hall–Kier alpha value is -2.05. The van der Waals surface area contributed by atoms with Gasteiger partial charge in [0.1, 0.15) is 6.04 Å². The maximum absolute atomic E-state index is 12.4. The molecule has 7 heteroatoms. The first-order valence-electron chi connectivity index (χ1n) is 6.71. The van der Waals surface area contributed by atoms with Crippen molar-refractivity contribution >= 4 is 11.8 Å². The van der Waals surface area contributed by atoms with Gasteiger partial charge in [0.15, 0.2) is 0 Å². The van der Waals surface area contributed by atoms with E-state index in [2.05, 4.69) is 5.32 Å². The van der Waals surface area contributed by atoms with E-state index in [0.29, 0.717) is 0 Å². The van der Waals surface area contributed by atoms with Gasteiger partial charge in [-0.15, -0.1) is 0 Å². The zero-order valence-electron chi connectivity index (χ0n) is 12.6. The molecule has 2 N–H and O–H groups in total. The molecule has 0 radical (unpaired) electrons. The second kappa shape index (κ2) is 6.81. The molecule has 0 spiro atoms. The van der Waals surface area contributed by atoms with Crippen LogP contribution in [0.3, 0.4) is 0 Å². The number of hydrogen-bond donors (Lipinski definition) is 2. The minimum atomic E-state index is -5.02. The van der Waals surface area contributed by atoms with Crippen molar-refractivity contribution in [2.45, 2.75) is 39.5 Å². The topological polar surface area (TPSA) is 58.2 Å². The van der Waals surface area contributed by atoms with Gasteiger partial charge in [-0.1, -0.05) is 51.1 Å². The van der Waals surface area contributed by atoms with Gasteiger partial charge in [0.25, 0.3) is 0 Å². The average Bonchev–Trinajstić information content (AvgIpc) is 2.40. The number of hydrogen-bond acceptors (Lipinski definition) is 2. The van der Waals surface area contributed by atoms with Crippen LogP contribution < -0.4 is 10.6 Å². The van der Waals surface area contributed by atoms with Gasteiger partial charge in [0.2, 0.25) is 5.91 Å². The van der Waals surface area contributed by atoms with Crippen molar-refractivity contribution in [2.24, 2.45) is 5.41 Å². The van der Waals surface area contributed by atoms with Crippen molar-refractivity contribution in [3.63, 3.8) is 0 Å². The summed E-state index contributed by atoms with van der Waals surface area (Å²) in [7, 11) is 0. The zero-order chi connectivity index (χ0) is 17.0. The third kappa shape index (κ3) is 5.38. The lowest BCUT2D eigenvalue weighted by Gasteiger charge is -2.30. The summed E-state index contributed by atoms with van der Waals surface area (Å²) in [5.74, 6) is -2.78. The van der Waals surface area contributed by atoms with Gasteiger partial charge >= 0.3 is 12.1 Å². The maximum Gasteiger partial charge on any atom is 0.471 e. The zero-order valence-corrected chi connectivity index (χ0v) is 12.6. The lowest BCUT2D eigenvalue weighted by atomic mass is 9.86. The van der Waals surface area contributed by atoms with Crippen molar-refractivity contribution in [3.8, 4) is 0 Å². The van der Waals surface area contributed by atoms with Crippen LogP contribution in [0.15, 0.2) is 30.3 Å². The SMILES string of the molecule is CC(C)(C)C(NC(=O)C(F)(F)F)C(=O)NCc1ccccc1. The van der Waals surface area contributed by atoms with Crippen LogP contribution in [0.1, 0.15) is 26.3 Å². The van der Waals surface area contributed by atoms with Gasteiger partial charge in [-0.3, -0.25) is 9.59 Å². The van der Waals surface area contributed by atoms with Gasteiger partial charge in [-0.2, -0.15) is 13.2 Å². The molecule has 1 aromatic rings. The number of carbonyl (C=O) groups excluding carboxylic acids is 2. The average molecular weight is 316 g/mol. The van der Waals surface area contributed by atoms with Crippen LogP contribution in [0.4, 0.5) is 13.2 Å². The molecule has 0 aliphatic carbocycles. The molecule has 1 atom stereocenters. The fraction of sp³-hybridized carbons (Fsp3) is 0.467. The predicted molar refractivity (Wildman–Crippen MR) is 75.7 cm³/mol. The van der Waals surface area contributed by atoms with Gasteiger partial charge < -0.3 is 10.6 Å². The summed E-state index contributed by atoms with van der Waals surface area (Å²) in [6.07, 6.45) is -5.02. The van der Waals surface area contributed by atoms with Crippen LogP contribution in [0, 0.1) is 5.41 Å². The lowest BCUT2D eigenvalue weighted by Crippen LogP contribution is -2.56. The van der Waals surface area contributed by atoms with Crippen molar-refractivity contribution < 1.29 is 22.8 Å². The second-order valence-electron chi connectivity index (χ2n) is 5.97. The number of amides is 2. The molecule has 0 saturated heterocycles. The van der Waals surface area contributed by atoms with Crippen molar-refractivity contribution in [3.05, 3.63) is 35.9 Å². The molecule has 2 amide bonds. The smallest absolute Gasteiger partial charge is 0.350 e. The van der Waals surface area contributed by atoms with Crippen LogP contribution in [0.5, 0.6) is 0 Å². The molecule has 1 unspecified atom stereocenters. The molecule has 22 heavy (non-hydrogen) atoms. The molecular formula is C15H19F3N2O2. The molecule has 0 fully saturated rings. The van der Waals surface area contributed by atoms with E-state index in [-0.39, 0.29) is 6.54 Å². The van der Waals surface area contributed by atoms with Gasteiger partial charge in [0.05, 0.1) is 0 Å². The summed E-state index contributed by atoms with van der Waals surface area (Å²) >= 11 is 0.